The minimum Gasteiger partial charge on any atom is -0.458 e. The molecule has 0 radical (unpaired) electrons. The van der Waals surface area contributed by atoms with Gasteiger partial charge in [0, 0.05) is 6.20 Å². The number of nitrogens with one attached hydrogen (secondary N) is 2. The molecule has 1 heterocycles. The third kappa shape index (κ3) is 4.68. The van der Waals surface area contributed by atoms with Gasteiger partial charge in [0.15, 0.2) is 0 Å². The van der Waals surface area contributed by atoms with Crippen LogP contribution in [0.15, 0.2) is 12.4 Å². The van der Waals surface area contributed by atoms with Gasteiger partial charge in [-0.15, -0.1) is 0 Å². The van der Waals surface area contributed by atoms with E-state index in [1.807, 2.05) is 13.8 Å². The largest absolute Gasteiger partial charge is 0.458 e. The Balaban J connectivity index is 2.79. The quantitative estimate of drug-likeness (QED) is 0.807. The Labute approximate surface area is 119 Å². The highest BCUT2D eigenvalue weighted by Gasteiger charge is 2.30. The highest BCUT2D eigenvalue weighted by Crippen LogP contribution is 2.15. The monoisotopic (exact) mass is 281 g/mol. The van der Waals surface area contributed by atoms with E-state index in [1.54, 1.807) is 20.8 Å². The van der Waals surface area contributed by atoms with E-state index in [-0.39, 0.29) is 11.8 Å². The summed E-state index contributed by atoms with van der Waals surface area (Å²) in [5.74, 6) is -0.765. The van der Waals surface area contributed by atoms with Gasteiger partial charge in [-0.1, -0.05) is 20.3 Å². The first-order valence-electron chi connectivity index (χ1n) is 6.77. The summed E-state index contributed by atoms with van der Waals surface area (Å²) in [6.45, 7) is 9.28. The predicted molar refractivity (Wildman–Crippen MR) is 75.1 cm³/mol. The van der Waals surface area contributed by atoms with E-state index < -0.39 is 17.6 Å². The van der Waals surface area contributed by atoms with Crippen LogP contribution in [0.1, 0.15) is 51.4 Å². The second-order valence-corrected chi connectivity index (χ2v) is 5.86. The van der Waals surface area contributed by atoms with Crippen molar-refractivity contribution in [3.8, 4) is 0 Å². The second-order valence-electron chi connectivity index (χ2n) is 5.86. The molecule has 0 saturated heterocycles. The number of carbonyl (C=O) groups is 2. The van der Waals surface area contributed by atoms with Crippen molar-refractivity contribution in [3.63, 3.8) is 0 Å². The summed E-state index contributed by atoms with van der Waals surface area (Å²) < 4.78 is 5.36. The van der Waals surface area contributed by atoms with Crippen molar-refractivity contribution < 1.29 is 14.3 Å². The first-order valence-corrected chi connectivity index (χ1v) is 6.77. The van der Waals surface area contributed by atoms with Gasteiger partial charge in [0.05, 0.1) is 11.8 Å². The zero-order chi connectivity index (χ0) is 15.3. The van der Waals surface area contributed by atoms with Crippen molar-refractivity contribution in [1.29, 1.82) is 0 Å². The number of rotatable bonds is 5. The molecule has 1 amide bonds. The SMILES string of the molecule is CC[C@H](C)[C@H](NC(=O)c1cn[nH]c1)C(=O)OC(C)(C)C. The molecule has 112 valence electrons. The summed E-state index contributed by atoms with van der Waals surface area (Å²) in [6.07, 6.45) is 3.66. The van der Waals surface area contributed by atoms with Gasteiger partial charge in [0.2, 0.25) is 0 Å². The van der Waals surface area contributed by atoms with Crippen molar-refractivity contribution in [2.24, 2.45) is 5.92 Å². The number of H-pyrrole nitrogens is 1. The van der Waals surface area contributed by atoms with Crippen LogP contribution in [-0.2, 0) is 9.53 Å². The number of esters is 1. The highest BCUT2D eigenvalue weighted by atomic mass is 16.6. The van der Waals surface area contributed by atoms with E-state index in [0.717, 1.165) is 6.42 Å². The smallest absolute Gasteiger partial charge is 0.329 e. The van der Waals surface area contributed by atoms with Crippen molar-refractivity contribution in [3.05, 3.63) is 18.0 Å². The average molecular weight is 281 g/mol. The Hall–Kier alpha value is -1.85. The maximum Gasteiger partial charge on any atom is 0.329 e. The number of aromatic amines is 1. The third-order valence-electron chi connectivity index (χ3n) is 2.92. The number of ether oxygens (including phenoxy) is 1. The van der Waals surface area contributed by atoms with E-state index in [0.29, 0.717) is 5.56 Å². The number of aromatic nitrogens is 2. The number of nitrogens with zero attached hydrogens (tertiary/aromatic N) is 1. The molecule has 0 saturated carbocycles. The molecule has 0 fully saturated rings. The molecule has 1 aromatic rings. The first-order chi connectivity index (χ1) is 9.24. The third-order valence-corrected chi connectivity index (χ3v) is 2.92. The number of amides is 1. The van der Waals surface area contributed by atoms with Crippen LogP contribution < -0.4 is 5.32 Å². The minimum absolute atomic E-state index is 0.0132. The Bertz CT molecular complexity index is 449. The van der Waals surface area contributed by atoms with Crippen LogP contribution in [0.3, 0.4) is 0 Å². The number of carbonyl (C=O) groups excluding carboxylic acids is 2. The minimum atomic E-state index is -0.665. The van der Waals surface area contributed by atoms with E-state index in [1.165, 1.54) is 12.4 Å². The fraction of sp³-hybridized carbons (Fsp3) is 0.643. The first kappa shape index (κ1) is 16.2. The molecule has 0 spiro atoms. The molecule has 0 aliphatic rings. The van der Waals surface area contributed by atoms with E-state index in [4.69, 9.17) is 4.74 Å². The molecular weight excluding hydrogens is 258 g/mol. The molecule has 6 heteroatoms. The standard InChI is InChI=1S/C14H23N3O3/c1-6-9(2)11(13(19)20-14(3,4)5)17-12(18)10-7-15-16-8-10/h7-9,11H,6H2,1-5H3,(H,15,16)(H,17,18)/t9-,11-/m0/s1. The van der Waals surface area contributed by atoms with Gasteiger partial charge in [-0.05, 0) is 26.7 Å². The lowest BCUT2D eigenvalue weighted by atomic mass is 9.98. The van der Waals surface area contributed by atoms with Crippen LogP contribution in [0, 0.1) is 5.92 Å². The van der Waals surface area contributed by atoms with E-state index in [9.17, 15) is 9.59 Å². The van der Waals surface area contributed by atoms with Gasteiger partial charge in [-0.25, -0.2) is 4.79 Å². The molecule has 6 nitrogen and oxygen atoms in total. The number of hydrogen-bond donors (Lipinski definition) is 2. The molecular formula is C14H23N3O3. The van der Waals surface area contributed by atoms with Crippen LogP contribution in [0.5, 0.6) is 0 Å². The van der Waals surface area contributed by atoms with Crippen molar-refractivity contribution in [1.82, 2.24) is 15.5 Å². The normalized spacial score (nSPS) is 14.4. The zero-order valence-electron chi connectivity index (χ0n) is 12.7. The summed E-state index contributed by atoms with van der Waals surface area (Å²) in [7, 11) is 0. The van der Waals surface area contributed by atoms with Crippen LogP contribution in [0.2, 0.25) is 0 Å². The van der Waals surface area contributed by atoms with Gasteiger partial charge in [0.25, 0.3) is 5.91 Å². The molecule has 1 aromatic heterocycles. The molecule has 0 unspecified atom stereocenters. The summed E-state index contributed by atoms with van der Waals surface area (Å²) in [5.41, 5.74) is -0.190. The number of hydrogen-bond acceptors (Lipinski definition) is 4. The Morgan fingerprint density at radius 1 is 1.45 bits per heavy atom. The van der Waals surface area contributed by atoms with Crippen molar-refractivity contribution in [2.45, 2.75) is 52.7 Å². The molecule has 0 aromatic carbocycles. The predicted octanol–water partition coefficient (Wildman–Crippen LogP) is 1.90. The summed E-state index contributed by atoms with van der Waals surface area (Å²) in [4.78, 5) is 24.2. The fourth-order valence-electron chi connectivity index (χ4n) is 1.63. The molecule has 2 N–H and O–H groups in total. The van der Waals surface area contributed by atoms with Crippen molar-refractivity contribution >= 4 is 11.9 Å². The zero-order valence-corrected chi connectivity index (χ0v) is 12.7. The van der Waals surface area contributed by atoms with Gasteiger partial charge < -0.3 is 10.1 Å². The van der Waals surface area contributed by atoms with E-state index >= 15 is 0 Å². The van der Waals surface area contributed by atoms with Crippen LogP contribution >= 0.6 is 0 Å². The Kier molecular flexibility index (Phi) is 5.30. The van der Waals surface area contributed by atoms with Crippen LogP contribution in [0.25, 0.3) is 0 Å². The summed E-state index contributed by atoms with van der Waals surface area (Å²) >= 11 is 0. The lowest BCUT2D eigenvalue weighted by molar-refractivity contribution is -0.158. The van der Waals surface area contributed by atoms with Gasteiger partial charge >= 0.3 is 5.97 Å². The molecule has 20 heavy (non-hydrogen) atoms. The van der Waals surface area contributed by atoms with E-state index in [2.05, 4.69) is 15.5 Å². The Morgan fingerprint density at radius 3 is 2.55 bits per heavy atom. The molecule has 0 aliphatic heterocycles. The summed E-state index contributed by atoms with van der Waals surface area (Å²) in [5, 5.41) is 9.00. The fourth-order valence-corrected chi connectivity index (χ4v) is 1.63. The maximum atomic E-state index is 12.2. The van der Waals surface area contributed by atoms with Gasteiger partial charge in [0.1, 0.15) is 11.6 Å². The molecule has 0 bridgehead atoms. The molecule has 0 aliphatic carbocycles. The molecule has 1 rings (SSSR count). The maximum absolute atomic E-state index is 12.2. The topological polar surface area (TPSA) is 84.1 Å². The van der Waals surface area contributed by atoms with Gasteiger partial charge in [-0.3, -0.25) is 9.89 Å². The highest BCUT2D eigenvalue weighted by molar-refractivity contribution is 5.96. The lowest BCUT2D eigenvalue weighted by Gasteiger charge is -2.27. The Morgan fingerprint density at radius 2 is 2.10 bits per heavy atom. The second kappa shape index (κ2) is 6.54. The average Bonchev–Trinajstić information content (AvgIpc) is 2.86. The van der Waals surface area contributed by atoms with Crippen molar-refractivity contribution in [2.75, 3.05) is 0 Å². The summed E-state index contributed by atoms with van der Waals surface area (Å²) in [6, 6.07) is -0.665. The van der Waals surface area contributed by atoms with Crippen LogP contribution in [-0.4, -0.2) is 33.7 Å². The van der Waals surface area contributed by atoms with Gasteiger partial charge in [-0.2, -0.15) is 5.10 Å². The van der Waals surface area contributed by atoms with Crippen LogP contribution in [0.4, 0.5) is 0 Å². The lowest BCUT2D eigenvalue weighted by Crippen LogP contribution is -2.47. The molecule has 2 atom stereocenters.